The molecule has 3 aliphatic heterocycles. The number of rotatable bonds is 9. The minimum Gasteiger partial charge on any atom is -0.356 e. The number of aromatic nitrogens is 3. The number of carbonyl (C=O) groups is 5. The van der Waals surface area contributed by atoms with Gasteiger partial charge in [-0.3, -0.25) is 39.1 Å². The second kappa shape index (κ2) is 14.6. The predicted molar refractivity (Wildman–Crippen MR) is 196 cm³/mol. The second-order valence-electron chi connectivity index (χ2n) is 13.3. The van der Waals surface area contributed by atoms with E-state index in [0.717, 1.165) is 29.1 Å². The number of hydrogen-bond acceptors (Lipinski definition) is 12. The first kappa shape index (κ1) is 36.1. The summed E-state index contributed by atoms with van der Waals surface area (Å²) in [6.45, 7) is 5.40. The number of amides is 5. The van der Waals surface area contributed by atoms with Crippen molar-refractivity contribution in [3.05, 3.63) is 86.4 Å². The molecule has 5 heterocycles. The summed E-state index contributed by atoms with van der Waals surface area (Å²) in [5.41, 5.74) is 1.50. The summed E-state index contributed by atoms with van der Waals surface area (Å²) in [7, 11) is 1.93. The summed E-state index contributed by atoms with van der Waals surface area (Å²) in [6.07, 6.45) is 3.04. The number of piperidine rings is 2. The van der Waals surface area contributed by atoms with Gasteiger partial charge in [0.25, 0.3) is 17.7 Å². The molecule has 2 saturated heterocycles. The van der Waals surface area contributed by atoms with Crippen molar-refractivity contribution in [1.82, 2.24) is 30.1 Å². The molecule has 5 amide bonds. The number of imide groups is 2. The molecule has 2 aromatic heterocycles. The SMILES string of the molecule is Cc1nc(Nc2ncc(C(=O)Nc3c(C)cccc3Cl)s2)cc(N2CCC(N(C)Cc3cc(F)c4c(c3)C(=O)N(C3CCC(=O)NC3=O)C4=O)CC2)n1. The van der Waals surface area contributed by atoms with Crippen LogP contribution in [0.3, 0.4) is 0 Å². The van der Waals surface area contributed by atoms with E-state index in [1.165, 1.54) is 29.7 Å². The van der Waals surface area contributed by atoms with Crippen molar-refractivity contribution in [3.63, 3.8) is 0 Å². The van der Waals surface area contributed by atoms with E-state index in [9.17, 15) is 24.0 Å². The van der Waals surface area contributed by atoms with Crippen LogP contribution in [-0.4, -0.2) is 86.5 Å². The lowest BCUT2D eigenvalue weighted by Crippen LogP contribution is -2.54. The smallest absolute Gasteiger partial charge is 0.267 e. The minimum atomic E-state index is -1.16. The molecule has 274 valence electrons. The Bertz CT molecular complexity index is 2150. The summed E-state index contributed by atoms with van der Waals surface area (Å²) in [4.78, 5) is 82.2. The van der Waals surface area contributed by atoms with E-state index >= 15 is 4.39 Å². The Kier molecular flexibility index (Phi) is 9.93. The molecule has 4 aromatic rings. The molecule has 0 saturated carbocycles. The van der Waals surface area contributed by atoms with E-state index in [1.807, 2.05) is 32.2 Å². The van der Waals surface area contributed by atoms with Crippen LogP contribution in [0.15, 0.2) is 42.6 Å². The van der Waals surface area contributed by atoms with Crippen LogP contribution in [0.2, 0.25) is 5.02 Å². The maximum absolute atomic E-state index is 15.3. The predicted octanol–water partition coefficient (Wildman–Crippen LogP) is 4.84. The van der Waals surface area contributed by atoms with Crippen LogP contribution in [-0.2, 0) is 16.1 Å². The number of para-hydroxylation sites is 1. The fourth-order valence-corrected chi connectivity index (χ4v) is 7.92. The Hall–Kier alpha value is -5.32. The van der Waals surface area contributed by atoms with Gasteiger partial charge in [0.15, 0.2) is 5.13 Å². The van der Waals surface area contributed by atoms with Gasteiger partial charge in [-0.2, -0.15) is 0 Å². The molecule has 1 atom stereocenters. The number of thiazole rings is 1. The molecule has 1 unspecified atom stereocenters. The van der Waals surface area contributed by atoms with Crippen LogP contribution in [0, 0.1) is 19.7 Å². The maximum atomic E-state index is 15.3. The topological polar surface area (TPSA) is 170 Å². The Labute approximate surface area is 312 Å². The average molecular weight is 760 g/mol. The highest BCUT2D eigenvalue weighted by Crippen LogP contribution is 2.32. The maximum Gasteiger partial charge on any atom is 0.267 e. The van der Waals surface area contributed by atoms with Crippen LogP contribution >= 0.6 is 22.9 Å². The van der Waals surface area contributed by atoms with E-state index in [2.05, 4.69) is 40.7 Å². The van der Waals surface area contributed by atoms with Crippen LogP contribution < -0.4 is 20.9 Å². The minimum absolute atomic E-state index is 0.00303. The number of halogens is 2. The number of benzene rings is 2. The molecular formula is C36H35ClFN9O5S. The zero-order valence-electron chi connectivity index (χ0n) is 29.0. The molecular weight excluding hydrogens is 725 g/mol. The largest absolute Gasteiger partial charge is 0.356 e. The second-order valence-corrected chi connectivity index (χ2v) is 14.7. The molecule has 17 heteroatoms. The van der Waals surface area contributed by atoms with E-state index in [4.69, 9.17) is 11.6 Å². The van der Waals surface area contributed by atoms with E-state index in [-0.39, 0.29) is 35.9 Å². The third kappa shape index (κ3) is 7.34. The first-order valence-corrected chi connectivity index (χ1v) is 18.2. The van der Waals surface area contributed by atoms with Crippen molar-refractivity contribution < 1.29 is 28.4 Å². The van der Waals surface area contributed by atoms with Crippen LogP contribution in [0.5, 0.6) is 0 Å². The number of nitrogens with zero attached hydrogens (tertiary/aromatic N) is 6. The fourth-order valence-electron chi connectivity index (χ4n) is 6.94. The third-order valence-electron chi connectivity index (χ3n) is 9.65. The quantitative estimate of drug-likeness (QED) is 0.200. The van der Waals surface area contributed by atoms with Gasteiger partial charge in [-0.25, -0.2) is 19.3 Å². The summed E-state index contributed by atoms with van der Waals surface area (Å²) in [6, 6.07) is 9.01. The first-order valence-electron chi connectivity index (χ1n) is 17.0. The molecule has 53 heavy (non-hydrogen) atoms. The van der Waals surface area contributed by atoms with Gasteiger partial charge in [-0.1, -0.05) is 35.1 Å². The van der Waals surface area contributed by atoms with Crippen molar-refractivity contribution in [2.45, 2.75) is 58.2 Å². The zero-order chi connectivity index (χ0) is 37.6. The van der Waals surface area contributed by atoms with E-state index in [1.54, 1.807) is 13.0 Å². The van der Waals surface area contributed by atoms with Gasteiger partial charge >= 0.3 is 0 Å². The molecule has 7 rings (SSSR count). The summed E-state index contributed by atoms with van der Waals surface area (Å²) in [5.74, 6) is -2.12. The third-order valence-corrected chi connectivity index (χ3v) is 10.9. The van der Waals surface area contributed by atoms with Gasteiger partial charge < -0.3 is 15.5 Å². The van der Waals surface area contributed by atoms with Crippen LogP contribution in [0.4, 0.5) is 26.8 Å². The molecule has 2 aromatic carbocycles. The summed E-state index contributed by atoms with van der Waals surface area (Å²) < 4.78 is 15.3. The highest BCUT2D eigenvalue weighted by Gasteiger charge is 2.46. The Morgan fingerprint density at radius 2 is 1.85 bits per heavy atom. The highest BCUT2D eigenvalue weighted by atomic mass is 35.5. The monoisotopic (exact) mass is 759 g/mol. The number of fused-ring (bicyclic) bond motifs is 1. The van der Waals surface area contributed by atoms with Crippen molar-refractivity contribution >= 4 is 74.9 Å². The van der Waals surface area contributed by atoms with E-state index < -0.39 is 35.5 Å². The number of aryl methyl sites for hydroxylation is 2. The molecule has 2 fully saturated rings. The molecule has 0 bridgehead atoms. The first-order chi connectivity index (χ1) is 25.4. The van der Waals surface area contributed by atoms with Gasteiger partial charge in [0.2, 0.25) is 11.8 Å². The average Bonchev–Trinajstić information content (AvgIpc) is 3.68. The van der Waals surface area contributed by atoms with Crippen LogP contribution in [0.25, 0.3) is 0 Å². The Balaban J connectivity index is 0.962. The normalized spacial score (nSPS) is 17.7. The number of hydrogen-bond donors (Lipinski definition) is 3. The van der Waals surface area contributed by atoms with E-state index in [0.29, 0.717) is 57.6 Å². The van der Waals surface area contributed by atoms with Crippen molar-refractivity contribution in [1.29, 1.82) is 0 Å². The van der Waals surface area contributed by atoms with Gasteiger partial charge in [0, 0.05) is 38.2 Å². The zero-order valence-corrected chi connectivity index (χ0v) is 30.6. The molecule has 0 spiro atoms. The standard InChI is InChI=1S/C36H35ClFN9O5S/c1-18-5-4-6-23(37)31(18)44-33(50)26-16-39-36(53-26)42-27-15-28(41-19(2)40-27)46-11-9-21(10-12-46)45(3)17-20-13-22-30(24(38)14-20)35(52)47(34(22)51)25-7-8-29(48)43-32(25)49/h4-6,13-16,21,25H,7-12,17H2,1-3H3,(H,44,50)(H,43,48,49)(H,39,40,41,42). The van der Waals surface area contributed by atoms with Crippen molar-refractivity contribution in [2.24, 2.45) is 0 Å². The van der Waals surface area contributed by atoms with Gasteiger partial charge in [0.1, 0.15) is 34.2 Å². The lowest BCUT2D eigenvalue weighted by molar-refractivity contribution is -0.136. The molecule has 3 aliphatic rings. The molecule has 0 radical (unpaired) electrons. The molecule has 3 N–H and O–H groups in total. The lowest BCUT2D eigenvalue weighted by atomic mass is 10.0. The number of nitrogens with one attached hydrogen (secondary N) is 3. The van der Waals surface area contributed by atoms with Gasteiger partial charge in [-0.05, 0) is 69.5 Å². The Morgan fingerprint density at radius 3 is 2.58 bits per heavy atom. The van der Waals surface area contributed by atoms with Crippen molar-refractivity contribution in [2.75, 3.05) is 35.7 Å². The summed E-state index contributed by atoms with van der Waals surface area (Å²) >= 11 is 7.46. The summed E-state index contributed by atoms with van der Waals surface area (Å²) in [5, 5.41) is 9.15. The highest BCUT2D eigenvalue weighted by molar-refractivity contribution is 7.17. The van der Waals surface area contributed by atoms with Crippen molar-refractivity contribution in [3.8, 4) is 0 Å². The van der Waals surface area contributed by atoms with Gasteiger partial charge in [-0.15, -0.1) is 0 Å². The lowest BCUT2D eigenvalue weighted by Gasteiger charge is -2.37. The molecule has 0 aliphatic carbocycles. The van der Waals surface area contributed by atoms with Gasteiger partial charge in [0.05, 0.1) is 28.0 Å². The Morgan fingerprint density at radius 1 is 1.08 bits per heavy atom. The van der Waals surface area contributed by atoms with Crippen LogP contribution in [0.1, 0.15) is 73.0 Å². The number of anilines is 4. The fraction of sp³-hybridized carbons (Fsp3) is 0.333. The molecule has 14 nitrogen and oxygen atoms in total. The number of carbonyl (C=O) groups excluding carboxylic acids is 5.